The van der Waals surface area contributed by atoms with E-state index in [9.17, 15) is 13.2 Å². The molecule has 1 heterocycles. The first-order valence-corrected chi connectivity index (χ1v) is 11.0. The van der Waals surface area contributed by atoms with E-state index in [-0.39, 0.29) is 17.6 Å². The van der Waals surface area contributed by atoms with Crippen LogP contribution in [0.1, 0.15) is 38.2 Å². The van der Waals surface area contributed by atoms with Crippen LogP contribution in [-0.4, -0.2) is 51.7 Å². The molecule has 27 heavy (non-hydrogen) atoms. The molecule has 0 aromatic heterocycles. The van der Waals surface area contributed by atoms with Crippen molar-refractivity contribution in [2.45, 2.75) is 39.2 Å². The van der Waals surface area contributed by atoms with Crippen molar-refractivity contribution >= 4 is 15.9 Å². The van der Waals surface area contributed by atoms with E-state index in [0.717, 1.165) is 18.4 Å². The van der Waals surface area contributed by atoms with Crippen LogP contribution < -0.4 is 14.8 Å². The molecule has 152 valence electrons. The second-order valence-corrected chi connectivity index (χ2v) is 9.02. The average molecular weight is 399 g/mol. The summed E-state index contributed by atoms with van der Waals surface area (Å²) in [6.07, 6.45) is 2.91. The molecule has 1 aliphatic rings. The predicted molar refractivity (Wildman–Crippen MR) is 104 cm³/mol. The van der Waals surface area contributed by atoms with Gasteiger partial charge >= 0.3 is 0 Å². The van der Waals surface area contributed by atoms with Crippen molar-refractivity contribution in [1.29, 1.82) is 0 Å². The largest absolute Gasteiger partial charge is 0.497 e. The van der Waals surface area contributed by atoms with Crippen LogP contribution in [0.4, 0.5) is 0 Å². The van der Waals surface area contributed by atoms with E-state index in [4.69, 9.17) is 9.47 Å². The molecule has 1 unspecified atom stereocenters. The van der Waals surface area contributed by atoms with E-state index in [1.54, 1.807) is 31.5 Å². The lowest BCUT2D eigenvalue weighted by Crippen LogP contribution is -2.41. The fourth-order valence-electron chi connectivity index (χ4n) is 3.31. The summed E-state index contributed by atoms with van der Waals surface area (Å²) in [5, 5.41) is 2.91. The number of carbonyl (C=O) groups is 1. The van der Waals surface area contributed by atoms with Gasteiger partial charge in [0, 0.05) is 37.7 Å². The lowest BCUT2D eigenvalue weighted by Gasteiger charge is -2.31. The van der Waals surface area contributed by atoms with Crippen LogP contribution >= 0.6 is 0 Å². The maximum absolute atomic E-state index is 12.2. The molecule has 1 aromatic carbocycles. The quantitative estimate of drug-likeness (QED) is 0.689. The van der Waals surface area contributed by atoms with Gasteiger partial charge in [-0.05, 0) is 44.2 Å². The number of nitrogens with zero attached hydrogens (tertiary/aromatic N) is 1. The molecule has 0 radical (unpaired) electrons. The molecule has 1 fully saturated rings. The van der Waals surface area contributed by atoms with E-state index >= 15 is 0 Å². The Hall–Kier alpha value is -1.80. The number of benzene rings is 1. The van der Waals surface area contributed by atoms with Crippen LogP contribution in [-0.2, 0) is 21.4 Å². The van der Waals surface area contributed by atoms with E-state index < -0.39 is 10.0 Å². The van der Waals surface area contributed by atoms with Gasteiger partial charge in [0.05, 0.1) is 20.0 Å². The third-order valence-corrected chi connectivity index (χ3v) is 6.84. The van der Waals surface area contributed by atoms with Gasteiger partial charge in [0.2, 0.25) is 15.9 Å². The molecule has 8 heteroatoms. The van der Waals surface area contributed by atoms with Gasteiger partial charge in [-0.15, -0.1) is 0 Å². The van der Waals surface area contributed by atoms with Gasteiger partial charge in [-0.2, -0.15) is 0 Å². The van der Waals surface area contributed by atoms with Gasteiger partial charge < -0.3 is 14.8 Å². The molecule has 1 aliphatic heterocycles. The molecular formula is C19H30N2O5S. The maximum atomic E-state index is 12.2. The zero-order valence-electron chi connectivity index (χ0n) is 16.4. The van der Waals surface area contributed by atoms with Crippen molar-refractivity contribution in [2.24, 2.45) is 5.92 Å². The van der Waals surface area contributed by atoms with Crippen LogP contribution in [0.3, 0.4) is 0 Å². The first-order chi connectivity index (χ1) is 12.9. The van der Waals surface area contributed by atoms with E-state index in [1.807, 2.05) is 12.1 Å². The zero-order valence-corrected chi connectivity index (χ0v) is 17.2. The first-order valence-electron chi connectivity index (χ1n) is 9.35. The lowest BCUT2D eigenvalue weighted by atomic mass is 9.94. The summed E-state index contributed by atoms with van der Waals surface area (Å²) < 4.78 is 36.1. The highest BCUT2D eigenvalue weighted by Crippen LogP contribution is 2.25. The Labute approximate surface area is 162 Å². The summed E-state index contributed by atoms with van der Waals surface area (Å²) in [5.74, 6) is 1.70. The van der Waals surface area contributed by atoms with E-state index in [0.29, 0.717) is 44.0 Å². The molecule has 7 nitrogen and oxygen atoms in total. The van der Waals surface area contributed by atoms with Crippen LogP contribution in [0.25, 0.3) is 0 Å². The normalized spacial score (nSPS) is 18.1. The number of hydrogen-bond donors (Lipinski definition) is 1. The standard InChI is InChI=1S/C19H30N2O5S/c1-4-27(23,24)21-11-5-6-15(14-21)7-10-19(22)20-13-16-8-9-17(25-2)12-18(16)26-3/h8-9,12,15H,4-7,10-11,13-14H2,1-3H3,(H,20,22). The van der Waals surface area contributed by atoms with Gasteiger partial charge in [0.25, 0.3) is 0 Å². The Balaban J connectivity index is 1.81. The smallest absolute Gasteiger partial charge is 0.220 e. The highest BCUT2D eigenvalue weighted by Gasteiger charge is 2.27. The highest BCUT2D eigenvalue weighted by atomic mass is 32.2. The van der Waals surface area contributed by atoms with Crippen molar-refractivity contribution in [1.82, 2.24) is 9.62 Å². The molecule has 2 rings (SSSR count). The summed E-state index contributed by atoms with van der Waals surface area (Å²) in [6.45, 7) is 3.17. The maximum Gasteiger partial charge on any atom is 0.220 e. The van der Waals surface area contributed by atoms with E-state index in [1.165, 1.54) is 0 Å². The molecule has 1 saturated heterocycles. The third kappa shape index (κ3) is 6.10. The second-order valence-electron chi connectivity index (χ2n) is 6.76. The van der Waals surface area contributed by atoms with Crippen molar-refractivity contribution in [3.63, 3.8) is 0 Å². The first kappa shape index (κ1) is 21.5. The van der Waals surface area contributed by atoms with Gasteiger partial charge in [-0.3, -0.25) is 4.79 Å². The fourth-order valence-corrected chi connectivity index (χ4v) is 4.52. The van der Waals surface area contributed by atoms with Crippen molar-refractivity contribution < 1.29 is 22.7 Å². The van der Waals surface area contributed by atoms with Gasteiger partial charge in [0.1, 0.15) is 11.5 Å². The Kier molecular flexibility index (Phi) is 7.91. The Morgan fingerprint density at radius 1 is 1.30 bits per heavy atom. The molecule has 1 aromatic rings. The summed E-state index contributed by atoms with van der Waals surface area (Å²) >= 11 is 0. The molecule has 0 saturated carbocycles. The minimum absolute atomic E-state index is 0.0386. The third-order valence-electron chi connectivity index (χ3n) is 4.99. The lowest BCUT2D eigenvalue weighted by molar-refractivity contribution is -0.121. The zero-order chi connectivity index (χ0) is 19.9. The minimum Gasteiger partial charge on any atom is -0.497 e. The minimum atomic E-state index is -3.14. The number of carbonyl (C=O) groups excluding carboxylic acids is 1. The number of methoxy groups -OCH3 is 2. The molecule has 0 bridgehead atoms. The SMILES string of the molecule is CCS(=O)(=O)N1CCCC(CCC(=O)NCc2ccc(OC)cc2OC)C1. The molecule has 0 aliphatic carbocycles. The number of amides is 1. The molecule has 0 spiro atoms. The Bertz CT molecular complexity index is 736. The number of piperidine rings is 1. The van der Waals surface area contributed by atoms with Crippen LogP contribution in [0, 0.1) is 5.92 Å². The van der Waals surface area contributed by atoms with Crippen molar-refractivity contribution in [3.05, 3.63) is 23.8 Å². The van der Waals surface area contributed by atoms with Gasteiger partial charge in [-0.1, -0.05) is 0 Å². The summed E-state index contributed by atoms with van der Waals surface area (Å²) in [6, 6.07) is 5.48. The Morgan fingerprint density at radius 3 is 2.74 bits per heavy atom. The van der Waals surface area contributed by atoms with Crippen molar-refractivity contribution in [3.8, 4) is 11.5 Å². The summed E-state index contributed by atoms with van der Waals surface area (Å²) in [4.78, 5) is 12.2. The molecule has 1 N–H and O–H groups in total. The number of ether oxygens (including phenoxy) is 2. The molecule has 1 atom stereocenters. The predicted octanol–water partition coefficient (Wildman–Crippen LogP) is 2.16. The monoisotopic (exact) mass is 398 g/mol. The number of hydrogen-bond acceptors (Lipinski definition) is 5. The summed E-state index contributed by atoms with van der Waals surface area (Å²) in [7, 11) is 0.0304. The fraction of sp³-hybridized carbons (Fsp3) is 0.632. The Morgan fingerprint density at radius 2 is 2.07 bits per heavy atom. The summed E-state index contributed by atoms with van der Waals surface area (Å²) in [5.41, 5.74) is 0.879. The number of sulfonamides is 1. The van der Waals surface area contributed by atoms with Crippen LogP contribution in [0.2, 0.25) is 0 Å². The number of rotatable bonds is 9. The topological polar surface area (TPSA) is 84.9 Å². The molecular weight excluding hydrogens is 368 g/mol. The highest BCUT2D eigenvalue weighted by molar-refractivity contribution is 7.89. The van der Waals surface area contributed by atoms with Crippen LogP contribution in [0.15, 0.2) is 18.2 Å². The van der Waals surface area contributed by atoms with Gasteiger partial charge in [-0.25, -0.2) is 12.7 Å². The number of nitrogens with one attached hydrogen (secondary N) is 1. The van der Waals surface area contributed by atoms with Crippen molar-refractivity contribution in [2.75, 3.05) is 33.1 Å². The second kappa shape index (κ2) is 9.94. The van der Waals surface area contributed by atoms with Crippen LogP contribution in [0.5, 0.6) is 11.5 Å². The average Bonchev–Trinajstić information content (AvgIpc) is 2.70. The van der Waals surface area contributed by atoms with Gasteiger partial charge in [0.15, 0.2) is 0 Å². The van der Waals surface area contributed by atoms with E-state index in [2.05, 4.69) is 5.32 Å². The molecule has 1 amide bonds.